The third kappa shape index (κ3) is 4.92. The number of benzene rings is 8. The summed E-state index contributed by atoms with van der Waals surface area (Å²) in [6, 6.07) is 67.0. The summed E-state index contributed by atoms with van der Waals surface area (Å²) in [5.41, 5.74) is 11.7. The van der Waals surface area contributed by atoms with Crippen LogP contribution in [0.5, 0.6) is 0 Å². The molecule has 6 heteroatoms. The molecule has 0 fully saturated rings. The van der Waals surface area contributed by atoms with Gasteiger partial charge in [-0.25, -0.2) is 9.97 Å². The van der Waals surface area contributed by atoms with Crippen molar-refractivity contribution >= 4 is 65.6 Å². The Morgan fingerprint density at radius 1 is 0.441 bits per heavy atom. The molecule has 0 saturated carbocycles. The molecular formula is C53H31N5O. The van der Waals surface area contributed by atoms with Crippen molar-refractivity contribution in [3.8, 4) is 51.3 Å². The molecule has 0 atom stereocenters. The van der Waals surface area contributed by atoms with E-state index in [2.05, 4.69) is 130 Å². The monoisotopic (exact) mass is 753 g/mol. The van der Waals surface area contributed by atoms with E-state index in [9.17, 15) is 5.26 Å². The van der Waals surface area contributed by atoms with Crippen LogP contribution in [0.4, 0.5) is 0 Å². The molecule has 0 unspecified atom stereocenters. The first-order chi connectivity index (χ1) is 29.2. The smallest absolute Gasteiger partial charge is 0.162 e. The highest BCUT2D eigenvalue weighted by molar-refractivity contribution is 6.19. The molecule has 0 bridgehead atoms. The van der Waals surface area contributed by atoms with E-state index in [1.165, 1.54) is 0 Å². The van der Waals surface area contributed by atoms with E-state index in [0.717, 1.165) is 88.1 Å². The van der Waals surface area contributed by atoms with Crippen LogP contribution in [0.2, 0.25) is 0 Å². The SMILES string of the molecule is N#Cc1cc(-n2c3ccccc3c3ccccc32)c2c(oc3c(-c4cc(-c5ccccc5)nc(-c5ccccc5)n4)cccc32)c1-n1c2ccccc2c2ccccc21. The van der Waals surface area contributed by atoms with Crippen LogP contribution in [0.15, 0.2) is 192 Å². The molecule has 12 aromatic rings. The Balaban J connectivity index is 1.25. The van der Waals surface area contributed by atoms with Gasteiger partial charge in [0, 0.05) is 43.6 Å². The van der Waals surface area contributed by atoms with Crippen molar-refractivity contribution in [2.24, 2.45) is 0 Å². The van der Waals surface area contributed by atoms with Gasteiger partial charge in [0.2, 0.25) is 0 Å². The molecule has 59 heavy (non-hydrogen) atoms. The minimum absolute atomic E-state index is 0.501. The lowest BCUT2D eigenvalue weighted by molar-refractivity contribution is 0.667. The average molecular weight is 754 g/mol. The summed E-state index contributed by atoms with van der Waals surface area (Å²) in [5.74, 6) is 0.624. The molecule has 0 amide bonds. The Morgan fingerprint density at radius 3 is 1.51 bits per heavy atom. The van der Waals surface area contributed by atoms with Gasteiger partial charge in [0.1, 0.15) is 17.3 Å². The highest BCUT2D eigenvalue weighted by atomic mass is 16.3. The van der Waals surface area contributed by atoms with Crippen LogP contribution >= 0.6 is 0 Å². The fourth-order valence-electron chi connectivity index (χ4n) is 9.03. The minimum atomic E-state index is 0.501. The maximum Gasteiger partial charge on any atom is 0.162 e. The zero-order valence-corrected chi connectivity index (χ0v) is 31.5. The first-order valence-corrected chi connectivity index (χ1v) is 19.6. The van der Waals surface area contributed by atoms with Crippen molar-refractivity contribution in [2.75, 3.05) is 0 Å². The van der Waals surface area contributed by atoms with E-state index in [1.807, 2.05) is 72.8 Å². The van der Waals surface area contributed by atoms with Crippen LogP contribution in [-0.4, -0.2) is 19.1 Å². The molecule has 0 spiro atoms. The lowest BCUT2D eigenvalue weighted by Crippen LogP contribution is -2.02. The molecule has 0 aliphatic carbocycles. The summed E-state index contributed by atoms with van der Waals surface area (Å²) in [6.07, 6.45) is 0. The second-order valence-corrected chi connectivity index (χ2v) is 14.8. The third-order valence-corrected chi connectivity index (χ3v) is 11.6. The quantitative estimate of drug-likeness (QED) is 0.175. The lowest BCUT2D eigenvalue weighted by Gasteiger charge is -2.15. The van der Waals surface area contributed by atoms with Crippen LogP contribution in [-0.2, 0) is 0 Å². The van der Waals surface area contributed by atoms with E-state index in [0.29, 0.717) is 28.2 Å². The van der Waals surface area contributed by atoms with Crippen LogP contribution in [0.3, 0.4) is 0 Å². The molecule has 0 saturated heterocycles. The summed E-state index contributed by atoms with van der Waals surface area (Å²) in [6.45, 7) is 0. The Hall–Kier alpha value is -8.27. The fourth-order valence-corrected chi connectivity index (χ4v) is 9.03. The van der Waals surface area contributed by atoms with Crippen LogP contribution in [0, 0.1) is 11.3 Å². The van der Waals surface area contributed by atoms with E-state index < -0.39 is 0 Å². The van der Waals surface area contributed by atoms with Gasteiger partial charge in [-0.3, -0.25) is 0 Å². The minimum Gasteiger partial charge on any atom is -0.453 e. The van der Waals surface area contributed by atoms with Crippen LogP contribution in [0.25, 0.3) is 111 Å². The van der Waals surface area contributed by atoms with Crippen molar-refractivity contribution in [3.63, 3.8) is 0 Å². The number of nitriles is 1. The van der Waals surface area contributed by atoms with Crippen molar-refractivity contribution in [2.45, 2.75) is 0 Å². The Bertz CT molecular complexity index is 3520. The maximum atomic E-state index is 11.2. The van der Waals surface area contributed by atoms with E-state index in [-0.39, 0.29) is 0 Å². The normalized spacial score (nSPS) is 11.7. The number of hydrogen-bond donors (Lipinski definition) is 0. The fraction of sp³-hybridized carbons (Fsp3) is 0. The Morgan fingerprint density at radius 2 is 0.932 bits per heavy atom. The van der Waals surface area contributed by atoms with E-state index >= 15 is 0 Å². The molecule has 12 rings (SSSR count). The molecular weight excluding hydrogens is 723 g/mol. The molecule has 0 aliphatic rings. The molecule has 6 nitrogen and oxygen atoms in total. The topological polar surface area (TPSA) is 72.6 Å². The second-order valence-electron chi connectivity index (χ2n) is 14.8. The van der Waals surface area contributed by atoms with Gasteiger partial charge < -0.3 is 13.6 Å². The molecule has 0 radical (unpaired) electrons. The summed E-state index contributed by atoms with van der Waals surface area (Å²) in [5, 5.41) is 17.5. The zero-order chi connectivity index (χ0) is 39.0. The summed E-state index contributed by atoms with van der Waals surface area (Å²) >= 11 is 0. The number of hydrogen-bond acceptors (Lipinski definition) is 4. The highest BCUT2D eigenvalue weighted by Crippen LogP contribution is 2.46. The Labute approximate surface area is 338 Å². The average Bonchev–Trinajstić information content (AvgIpc) is 3.97. The first-order valence-electron chi connectivity index (χ1n) is 19.6. The number of furan rings is 1. The third-order valence-electron chi connectivity index (χ3n) is 11.6. The molecule has 274 valence electrons. The first kappa shape index (κ1) is 32.9. The van der Waals surface area contributed by atoms with Crippen LogP contribution < -0.4 is 0 Å². The Kier molecular flexibility index (Phi) is 7.19. The highest BCUT2D eigenvalue weighted by Gasteiger charge is 2.27. The summed E-state index contributed by atoms with van der Waals surface area (Å²) in [4.78, 5) is 10.3. The standard InChI is InChI=1S/C53H31N5O/c54-32-35-30-48(57-44-26-11-7-20-36(44)37-21-8-12-27-45(37)57)49-41-25-15-24-40(43-31-42(33-16-3-1-4-17-33)55-53(56-43)34-18-5-2-6-19-34)51(41)59-52(49)50(35)58-46-28-13-9-22-38(46)39-23-10-14-29-47(39)58/h1-31H. The molecule has 4 heterocycles. The number of rotatable bonds is 5. The molecule has 4 aromatic heterocycles. The van der Waals surface area contributed by atoms with Gasteiger partial charge in [-0.15, -0.1) is 0 Å². The van der Waals surface area contributed by atoms with Gasteiger partial charge in [0.05, 0.1) is 50.1 Å². The lowest BCUT2D eigenvalue weighted by atomic mass is 10.0. The predicted molar refractivity (Wildman–Crippen MR) is 239 cm³/mol. The molecule has 0 aliphatic heterocycles. The molecule has 0 N–H and O–H groups in total. The number of nitrogens with zero attached hydrogens (tertiary/aromatic N) is 5. The second kappa shape index (κ2) is 12.9. The van der Waals surface area contributed by atoms with E-state index in [1.54, 1.807) is 0 Å². The van der Waals surface area contributed by atoms with Crippen molar-refractivity contribution in [1.29, 1.82) is 5.26 Å². The van der Waals surface area contributed by atoms with Crippen molar-refractivity contribution in [3.05, 3.63) is 194 Å². The zero-order valence-electron chi connectivity index (χ0n) is 31.5. The van der Waals surface area contributed by atoms with Gasteiger partial charge in [-0.05, 0) is 42.5 Å². The van der Waals surface area contributed by atoms with Gasteiger partial charge in [0.15, 0.2) is 11.4 Å². The van der Waals surface area contributed by atoms with Crippen molar-refractivity contribution in [1.82, 2.24) is 19.1 Å². The van der Waals surface area contributed by atoms with Crippen LogP contribution in [0.1, 0.15) is 5.56 Å². The summed E-state index contributed by atoms with van der Waals surface area (Å²) < 4.78 is 11.8. The number of fused-ring (bicyclic) bond motifs is 9. The number of aromatic nitrogens is 4. The van der Waals surface area contributed by atoms with Gasteiger partial charge in [-0.1, -0.05) is 146 Å². The van der Waals surface area contributed by atoms with Crippen molar-refractivity contribution < 1.29 is 4.42 Å². The molecule has 8 aromatic carbocycles. The largest absolute Gasteiger partial charge is 0.453 e. The van der Waals surface area contributed by atoms with Gasteiger partial charge in [0.25, 0.3) is 0 Å². The maximum absolute atomic E-state index is 11.2. The predicted octanol–water partition coefficient (Wildman–Crippen LogP) is 13.4. The van der Waals surface area contributed by atoms with E-state index in [4.69, 9.17) is 14.4 Å². The number of para-hydroxylation sites is 5. The summed E-state index contributed by atoms with van der Waals surface area (Å²) in [7, 11) is 0. The van der Waals surface area contributed by atoms with Gasteiger partial charge in [-0.2, -0.15) is 5.26 Å². The van der Waals surface area contributed by atoms with Gasteiger partial charge >= 0.3 is 0 Å².